The summed E-state index contributed by atoms with van der Waals surface area (Å²) in [6, 6.07) is 17.5. The third kappa shape index (κ3) is 3.34. The molecule has 0 aliphatic carbocycles. The van der Waals surface area contributed by atoms with Crippen LogP contribution in [0.4, 0.5) is 0 Å². The zero-order valence-electron chi connectivity index (χ0n) is 19.8. The van der Waals surface area contributed by atoms with Gasteiger partial charge in [0.25, 0.3) is 0 Å². The lowest BCUT2D eigenvalue weighted by atomic mass is 9.90. The molecular weight excluding hydrogens is 472 g/mol. The van der Waals surface area contributed by atoms with Crippen LogP contribution in [-0.2, 0) is 9.47 Å². The molecule has 0 amide bonds. The zero-order chi connectivity index (χ0) is 25.7. The average Bonchev–Trinajstić information content (AvgIpc) is 2.94. The van der Waals surface area contributed by atoms with Crippen molar-refractivity contribution in [2.75, 3.05) is 14.2 Å². The summed E-state index contributed by atoms with van der Waals surface area (Å²) >= 11 is 0. The summed E-state index contributed by atoms with van der Waals surface area (Å²) in [5.74, 6) is -1.39. The van der Waals surface area contributed by atoms with Gasteiger partial charge in [-0.1, -0.05) is 42.5 Å². The molecule has 0 aliphatic rings. The first-order valence-corrected chi connectivity index (χ1v) is 11.4. The standard InChI is InChI=1S/C29H18N2O6/c1-35-27(32)20-13-30-25-18-11-12-19(29(34)37-15-7-4-3-5-8-15)22-21(28(33)36-2)14-31-26(24(18)22)17-10-6-9-16(20)23(17)25/h3-14H,1-2H3. The quantitative estimate of drug-likeness (QED) is 0.142. The van der Waals surface area contributed by atoms with Crippen LogP contribution in [0.5, 0.6) is 5.75 Å². The molecule has 0 spiro atoms. The molecular formula is C29H18N2O6. The highest BCUT2D eigenvalue weighted by molar-refractivity contribution is 6.35. The first-order valence-electron chi connectivity index (χ1n) is 11.4. The molecule has 180 valence electrons. The minimum atomic E-state index is -0.636. The fourth-order valence-electron chi connectivity index (χ4n) is 4.84. The van der Waals surface area contributed by atoms with Gasteiger partial charge in [-0.3, -0.25) is 9.97 Å². The molecule has 37 heavy (non-hydrogen) atoms. The van der Waals surface area contributed by atoms with Gasteiger partial charge in [-0.2, -0.15) is 0 Å². The predicted octanol–water partition coefficient (Wildman–Crippen LogP) is 5.32. The molecule has 6 rings (SSSR count). The lowest BCUT2D eigenvalue weighted by molar-refractivity contribution is 0.0593. The van der Waals surface area contributed by atoms with Gasteiger partial charge in [0.15, 0.2) is 0 Å². The molecule has 0 aliphatic heterocycles. The Morgan fingerprint density at radius 1 is 0.568 bits per heavy atom. The summed E-state index contributed by atoms with van der Waals surface area (Å²) in [6.07, 6.45) is 2.87. The molecule has 2 aromatic heterocycles. The van der Waals surface area contributed by atoms with E-state index >= 15 is 0 Å². The second-order valence-electron chi connectivity index (χ2n) is 8.37. The van der Waals surface area contributed by atoms with Crippen molar-refractivity contribution >= 4 is 61.3 Å². The first kappa shape index (κ1) is 22.4. The maximum atomic E-state index is 13.3. The van der Waals surface area contributed by atoms with Gasteiger partial charge in [0.05, 0.1) is 41.9 Å². The van der Waals surface area contributed by atoms with Crippen molar-refractivity contribution in [1.82, 2.24) is 9.97 Å². The van der Waals surface area contributed by atoms with Crippen LogP contribution in [0.1, 0.15) is 31.1 Å². The molecule has 2 heterocycles. The van der Waals surface area contributed by atoms with Gasteiger partial charge in [-0.25, -0.2) is 14.4 Å². The number of rotatable bonds is 4. The van der Waals surface area contributed by atoms with Gasteiger partial charge in [0, 0.05) is 44.7 Å². The number of hydrogen-bond acceptors (Lipinski definition) is 8. The fourth-order valence-corrected chi connectivity index (χ4v) is 4.84. The van der Waals surface area contributed by atoms with Gasteiger partial charge in [-0.15, -0.1) is 0 Å². The van der Waals surface area contributed by atoms with Crippen molar-refractivity contribution in [2.45, 2.75) is 0 Å². The van der Waals surface area contributed by atoms with E-state index in [1.807, 2.05) is 24.3 Å². The molecule has 8 heteroatoms. The van der Waals surface area contributed by atoms with E-state index in [4.69, 9.17) is 14.2 Å². The van der Waals surface area contributed by atoms with Crippen molar-refractivity contribution in [1.29, 1.82) is 0 Å². The molecule has 0 unspecified atom stereocenters. The summed E-state index contributed by atoms with van der Waals surface area (Å²) in [7, 11) is 2.59. The average molecular weight is 490 g/mol. The lowest BCUT2D eigenvalue weighted by Gasteiger charge is -2.17. The molecule has 0 bridgehead atoms. The normalized spacial score (nSPS) is 11.3. The second-order valence-corrected chi connectivity index (χ2v) is 8.37. The summed E-state index contributed by atoms with van der Waals surface area (Å²) in [5, 5.41) is 3.71. The smallest absolute Gasteiger partial charge is 0.344 e. The van der Waals surface area contributed by atoms with Crippen LogP contribution in [0.2, 0.25) is 0 Å². The number of esters is 3. The van der Waals surface area contributed by atoms with Crippen molar-refractivity contribution in [3.63, 3.8) is 0 Å². The van der Waals surface area contributed by atoms with E-state index < -0.39 is 17.9 Å². The Kier molecular flexibility index (Phi) is 5.15. The first-order chi connectivity index (χ1) is 18.0. The predicted molar refractivity (Wildman–Crippen MR) is 137 cm³/mol. The maximum absolute atomic E-state index is 13.3. The molecule has 0 saturated carbocycles. The minimum absolute atomic E-state index is 0.130. The Morgan fingerprint density at radius 3 is 1.92 bits per heavy atom. The molecule has 0 atom stereocenters. The zero-order valence-corrected chi connectivity index (χ0v) is 19.8. The van der Waals surface area contributed by atoms with E-state index in [0.717, 1.165) is 5.39 Å². The van der Waals surface area contributed by atoms with Gasteiger partial charge in [0.1, 0.15) is 5.75 Å². The molecule has 6 aromatic rings. The Hall–Kier alpha value is -5.11. The number of hydrogen-bond donors (Lipinski definition) is 0. The van der Waals surface area contributed by atoms with E-state index in [1.54, 1.807) is 36.4 Å². The Labute approximate surface area is 209 Å². The van der Waals surface area contributed by atoms with Crippen molar-refractivity contribution < 1.29 is 28.6 Å². The molecule has 0 N–H and O–H groups in total. The van der Waals surface area contributed by atoms with Crippen LogP contribution < -0.4 is 4.74 Å². The summed E-state index contributed by atoms with van der Waals surface area (Å²) in [4.78, 5) is 47.8. The van der Waals surface area contributed by atoms with E-state index in [-0.39, 0.29) is 11.1 Å². The Morgan fingerprint density at radius 2 is 1.19 bits per heavy atom. The molecule has 8 nitrogen and oxygen atoms in total. The van der Waals surface area contributed by atoms with Gasteiger partial charge >= 0.3 is 17.9 Å². The number of benzene rings is 4. The number of fused-ring (bicyclic) bond motifs is 2. The van der Waals surface area contributed by atoms with E-state index in [1.165, 1.54) is 26.6 Å². The van der Waals surface area contributed by atoms with E-state index in [9.17, 15) is 14.4 Å². The summed E-state index contributed by atoms with van der Waals surface area (Å²) in [6.45, 7) is 0. The second kappa shape index (κ2) is 8.53. The highest BCUT2D eigenvalue weighted by Gasteiger charge is 2.26. The molecule has 0 radical (unpaired) electrons. The fraction of sp³-hybridized carbons (Fsp3) is 0.0690. The van der Waals surface area contributed by atoms with Crippen molar-refractivity contribution in [2.24, 2.45) is 0 Å². The monoisotopic (exact) mass is 490 g/mol. The van der Waals surface area contributed by atoms with Gasteiger partial charge in [0.2, 0.25) is 0 Å². The Bertz CT molecular complexity index is 1860. The number of methoxy groups -OCH3 is 2. The number of carbonyl (C=O) groups excluding carboxylic acids is 3. The van der Waals surface area contributed by atoms with Crippen LogP contribution in [0.25, 0.3) is 43.4 Å². The van der Waals surface area contributed by atoms with E-state index in [2.05, 4.69) is 9.97 Å². The van der Waals surface area contributed by atoms with Gasteiger partial charge in [-0.05, 0) is 18.2 Å². The van der Waals surface area contributed by atoms with Crippen molar-refractivity contribution in [3.8, 4) is 5.75 Å². The summed E-state index contributed by atoms with van der Waals surface area (Å²) in [5.41, 5.74) is 1.80. The number of pyridine rings is 2. The molecule has 0 saturated heterocycles. The number of aromatic nitrogens is 2. The number of carbonyl (C=O) groups is 3. The van der Waals surface area contributed by atoms with Crippen LogP contribution in [0.3, 0.4) is 0 Å². The third-order valence-corrected chi connectivity index (χ3v) is 6.44. The van der Waals surface area contributed by atoms with Crippen LogP contribution in [-0.4, -0.2) is 42.1 Å². The van der Waals surface area contributed by atoms with Gasteiger partial charge < -0.3 is 14.2 Å². The molecule has 0 fully saturated rings. The largest absolute Gasteiger partial charge is 0.465 e. The number of nitrogens with zero attached hydrogens (tertiary/aromatic N) is 2. The highest BCUT2D eigenvalue weighted by Crippen LogP contribution is 2.41. The highest BCUT2D eigenvalue weighted by atomic mass is 16.5. The van der Waals surface area contributed by atoms with E-state index in [0.29, 0.717) is 49.3 Å². The topological polar surface area (TPSA) is 105 Å². The number of para-hydroxylation sites is 1. The molecule has 4 aromatic carbocycles. The van der Waals surface area contributed by atoms with Crippen LogP contribution in [0, 0.1) is 0 Å². The minimum Gasteiger partial charge on any atom is -0.465 e. The lowest BCUT2D eigenvalue weighted by Crippen LogP contribution is -2.13. The SMILES string of the molecule is COC(=O)c1cnc2c3ccc(C(=O)Oc4ccccc4)c4c(C(=O)OC)cnc(c5cccc1c52)c43. The van der Waals surface area contributed by atoms with Crippen LogP contribution in [0.15, 0.2) is 73.1 Å². The third-order valence-electron chi connectivity index (χ3n) is 6.44. The van der Waals surface area contributed by atoms with Crippen LogP contribution >= 0.6 is 0 Å². The number of ether oxygens (including phenoxy) is 3. The summed E-state index contributed by atoms with van der Waals surface area (Å²) < 4.78 is 15.6. The Balaban J connectivity index is 1.73. The van der Waals surface area contributed by atoms with Crippen molar-refractivity contribution in [3.05, 3.63) is 89.7 Å². The maximum Gasteiger partial charge on any atom is 0.344 e.